The van der Waals surface area contributed by atoms with Gasteiger partial charge >= 0.3 is 5.89 Å². The predicted molar refractivity (Wildman–Crippen MR) is 162 cm³/mol. The Labute approximate surface area is 256 Å². The van der Waals surface area contributed by atoms with Crippen LogP contribution in [-0.4, -0.2) is 44.0 Å². The molecule has 4 rings (SSSR count). The van der Waals surface area contributed by atoms with E-state index in [2.05, 4.69) is 31.9 Å². The molecule has 222 valence electrons. The summed E-state index contributed by atoms with van der Waals surface area (Å²) >= 11 is 7.00. The molecule has 2 aromatic carbocycles. The average molecular weight is 734 g/mol. The number of allylic oxidation sites excluding steroid dienone is 2. The van der Waals surface area contributed by atoms with Crippen LogP contribution in [0.2, 0.25) is 0 Å². The number of nitrogens with zero attached hydrogens (tertiary/aromatic N) is 2. The third-order valence-corrected chi connectivity index (χ3v) is 9.05. The molecule has 0 amide bonds. The second-order valence-electron chi connectivity index (χ2n) is 9.59. The van der Waals surface area contributed by atoms with Crippen molar-refractivity contribution < 1.29 is 39.7 Å². The van der Waals surface area contributed by atoms with Gasteiger partial charge in [-0.25, -0.2) is 8.42 Å². The van der Waals surface area contributed by atoms with Gasteiger partial charge in [-0.1, -0.05) is 38.8 Å². The number of fused-ring (bicyclic) bond motifs is 2. The number of hydrogen-bond acceptors (Lipinski definition) is 8. The van der Waals surface area contributed by atoms with Crippen LogP contribution in [0.15, 0.2) is 67.3 Å². The summed E-state index contributed by atoms with van der Waals surface area (Å²) in [6.07, 6.45) is 5.97. The van der Waals surface area contributed by atoms with Crippen molar-refractivity contribution in [1.29, 1.82) is 0 Å². The van der Waals surface area contributed by atoms with E-state index in [4.69, 9.17) is 13.7 Å². The average Bonchev–Trinajstić information content (AvgIpc) is 3.39. The summed E-state index contributed by atoms with van der Waals surface area (Å²) in [5.74, 6) is 1.07. The molecule has 1 aliphatic heterocycles. The van der Waals surface area contributed by atoms with E-state index < -0.39 is 26.0 Å². The van der Waals surface area contributed by atoms with Crippen LogP contribution in [0.5, 0.6) is 5.75 Å². The normalized spacial score (nSPS) is 15.1. The smallest absolute Gasteiger partial charge is 0.374 e. The van der Waals surface area contributed by atoms with Gasteiger partial charge in [0.05, 0.1) is 27.6 Å². The van der Waals surface area contributed by atoms with Crippen LogP contribution in [0, 0.1) is 0 Å². The number of aromatic nitrogens is 1. The number of halogens is 2. The summed E-state index contributed by atoms with van der Waals surface area (Å²) in [5.41, 5.74) is 3.23. The summed E-state index contributed by atoms with van der Waals surface area (Å²) in [5, 5.41) is 0. The standard InChI is InChI=1S/C27H30Br2N2O8S2/c1-2-19(15-26-30(11-3-5-13-40(32,33)34)22-17-20(28)7-9-24(22)38-26)16-27-31(12-4-6-14-41(35,36)37)23-18-21(29)8-10-25(23)39-27/h7-10,15-18H,2-6,11-14H2,1H3,(H-,32,33,34,35,36,37). The number of unbranched alkanes of at least 4 members (excludes halogenated alkanes) is 2. The third kappa shape index (κ3) is 8.88. The molecule has 0 unspecified atom stereocenters. The maximum atomic E-state index is 11.2. The number of oxazole rings is 1. The van der Waals surface area contributed by atoms with Crippen molar-refractivity contribution in [2.24, 2.45) is 0 Å². The Hall–Kier alpha value is -2.23. The fourth-order valence-electron chi connectivity index (χ4n) is 4.49. The van der Waals surface area contributed by atoms with Gasteiger partial charge in [0.15, 0.2) is 12.3 Å². The molecule has 0 radical (unpaired) electrons. The minimum atomic E-state index is -4.28. The van der Waals surface area contributed by atoms with E-state index in [1.54, 1.807) is 0 Å². The van der Waals surface area contributed by atoms with E-state index in [0.717, 1.165) is 25.7 Å². The molecule has 10 nitrogen and oxygen atoms in total. The van der Waals surface area contributed by atoms with Gasteiger partial charge in [0.25, 0.3) is 15.6 Å². The van der Waals surface area contributed by atoms with Crippen molar-refractivity contribution in [3.8, 4) is 5.75 Å². The van der Waals surface area contributed by atoms with E-state index in [-0.39, 0.29) is 12.2 Å². The third-order valence-electron chi connectivity index (χ3n) is 6.47. The largest absolute Gasteiger partial charge is 0.748 e. The second-order valence-corrected chi connectivity index (χ2v) is 14.5. The highest BCUT2D eigenvalue weighted by Gasteiger charge is 2.27. The summed E-state index contributed by atoms with van der Waals surface area (Å²) in [6.45, 7) is 2.93. The minimum Gasteiger partial charge on any atom is -0.748 e. The molecule has 2 heterocycles. The van der Waals surface area contributed by atoms with Gasteiger partial charge in [0.1, 0.15) is 0 Å². The van der Waals surface area contributed by atoms with Gasteiger partial charge in [-0.05, 0) is 61.6 Å². The van der Waals surface area contributed by atoms with Crippen molar-refractivity contribution in [3.05, 3.63) is 68.8 Å². The summed E-state index contributed by atoms with van der Waals surface area (Å²) in [4.78, 5) is 1.96. The highest BCUT2D eigenvalue weighted by molar-refractivity contribution is 9.10. The van der Waals surface area contributed by atoms with Crippen molar-refractivity contribution >= 4 is 75.0 Å². The van der Waals surface area contributed by atoms with E-state index in [9.17, 15) is 21.4 Å². The molecule has 14 heteroatoms. The Morgan fingerprint density at radius 3 is 2.44 bits per heavy atom. The molecular formula is C27H30Br2N2O8S2. The van der Waals surface area contributed by atoms with Crippen LogP contribution in [0.3, 0.4) is 0 Å². The zero-order valence-electron chi connectivity index (χ0n) is 22.3. The molecule has 0 aliphatic carbocycles. The Balaban J connectivity index is 1.65. The molecule has 0 bridgehead atoms. The van der Waals surface area contributed by atoms with E-state index in [1.165, 1.54) is 0 Å². The minimum absolute atomic E-state index is 0.238. The van der Waals surface area contributed by atoms with Gasteiger partial charge in [0.2, 0.25) is 11.5 Å². The SMILES string of the molecule is CCC(=Cc1oc2ccc(Br)cc2[n+]1CCCCS(=O)(=O)O)C=C1Oc2ccc(Br)cc2N1CCCCS(=O)(=O)[O-]. The lowest BCUT2D eigenvalue weighted by Gasteiger charge is -2.19. The van der Waals surface area contributed by atoms with Crippen LogP contribution >= 0.6 is 31.9 Å². The summed E-state index contributed by atoms with van der Waals surface area (Å²) < 4.78 is 80.7. The first-order valence-electron chi connectivity index (χ1n) is 13.0. The van der Waals surface area contributed by atoms with Crippen molar-refractivity contribution in [1.82, 2.24) is 0 Å². The molecule has 41 heavy (non-hydrogen) atoms. The Morgan fingerprint density at radius 1 is 1.02 bits per heavy atom. The zero-order valence-corrected chi connectivity index (χ0v) is 27.1. The lowest BCUT2D eigenvalue weighted by molar-refractivity contribution is -0.678. The molecule has 1 aromatic heterocycles. The van der Waals surface area contributed by atoms with E-state index in [0.29, 0.717) is 61.9 Å². The summed E-state index contributed by atoms with van der Waals surface area (Å²) in [6, 6.07) is 11.3. The molecule has 0 saturated carbocycles. The molecule has 0 saturated heterocycles. The maximum Gasteiger partial charge on any atom is 0.374 e. The second kappa shape index (κ2) is 13.4. The van der Waals surface area contributed by atoms with Crippen LogP contribution in [0.25, 0.3) is 17.2 Å². The predicted octanol–water partition coefficient (Wildman–Crippen LogP) is 5.77. The molecule has 1 N–H and O–H groups in total. The topological polar surface area (TPSA) is 141 Å². The first-order valence-corrected chi connectivity index (χ1v) is 17.8. The molecular weight excluding hydrogens is 704 g/mol. The van der Waals surface area contributed by atoms with Crippen molar-refractivity contribution in [3.63, 3.8) is 0 Å². The summed E-state index contributed by atoms with van der Waals surface area (Å²) in [7, 11) is -8.32. The number of hydrogen-bond donors (Lipinski definition) is 1. The number of aryl methyl sites for hydroxylation is 1. The lowest BCUT2D eigenvalue weighted by Crippen LogP contribution is -2.35. The monoisotopic (exact) mass is 732 g/mol. The molecule has 1 aliphatic rings. The van der Waals surface area contributed by atoms with Crippen LogP contribution in [-0.2, 0) is 26.8 Å². The van der Waals surface area contributed by atoms with Crippen LogP contribution in [0.4, 0.5) is 5.69 Å². The molecule has 3 aromatic rings. The fraction of sp³-hybridized carbons (Fsp3) is 0.370. The highest BCUT2D eigenvalue weighted by atomic mass is 79.9. The van der Waals surface area contributed by atoms with Crippen molar-refractivity contribution in [2.45, 2.75) is 45.6 Å². The van der Waals surface area contributed by atoms with Gasteiger partial charge < -0.3 is 18.6 Å². The lowest BCUT2D eigenvalue weighted by atomic mass is 10.1. The first kappa shape index (κ1) is 31.7. The Kier molecular flexibility index (Phi) is 10.3. The number of benzene rings is 2. The van der Waals surface area contributed by atoms with Crippen LogP contribution in [0.1, 0.15) is 44.9 Å². The molecule has 0 spiro atoms. The van der Waals surface area contributed by atoms with Crippen LogP contribution < -0.4 is 14.2 Å². The van der Waals surface area contributed by atoms with Gasteiger partial charge in [-0.3, -0.25) is 4.55 Å². The van der Waals surface area contributed by atoms with Gasteiger partial charge in [-0.15, -0.1) is 0 Å². The molecule has 0 fully saturated rings. The fourth-order valence-corrected chi connectivity index (χ4v) is 6.32. The maximum absolute atomic E-state index is 11.2. The zero-order chi connectivity index (χ0) is 29.8. The Morgan fingerprint density at radius 2 is 1.73 bits per heavy atom. The Bertz CT molecular complexity index is 1700. The number of rotatable bonds is 13. The van der Waals surface area contributed by atoms with E-state index >= 15 is 0 Å². The van der Waals surface area contributed by atoms with E-state index in [1.807, 2.05) is 64.9 Å². The number of anilines is 1. The quantitative estimate of drug-likeness (QED) is 0.132. The van der Waals surface area contributed by atoms with Gasteiger partial charge in [0, 0.05) is 39.8 Å². The molecule has 0 atom stereocenters. The first-order chi connectivity index (χ1) is 19.3. The van der Waals surface area contributed by atoms with Gasteiger partial charge in [-0.2, -0.15) is 13.0 Å². The number of ether oxygens (including phenoxy) is 1. The highest BCUT2D eigenvalue weighted by Crippen LogP contribution is 2.41. The van der Waals surface area contributed by atoms with Crippen molar-refractivity contribution in [2.75, 3.05) is 23.0 Å².